The highest BCUT2D eigenvalue weighted by Crippen LogP contribution is 2.35. The molecule has 0 bridgehead atoms. The topological polar surface area (TPSA) is 41.1 Å². The second kappa shape index (κ2) is 5.07. The van der Waals surface area contributed by atoms with Crippen molar-refractivity contribution < 1.29 is 9.18 Å². The number of hydrogen-bond donors (Lipinski definition) is 2. The largest absolute Gasteiger partial charge is 0.368 e. The van der Waals surface area contributed by atoms with Gasteiger partial charge in [-0.25, -0.2) is 4.39 Å². The van der Waals surface area contributed by atoms with Crippen LogP contribution >= 0.6 is 27.5 Å². The van der Waals surface area contributed by atoms with Gasteiger partial charge in [-0.15, -0.1) is 0 Å². The van der Waals surface area contributed by atoms with Gasteiger partial charge in [0, 0.05) is 20.7 Å². The number of fused-ring (bicyclic) bond motifs is 1. The monoisotopic (exact) mass is 354 g/mol. The third kappa shape index (κ3) is 2.39. The molecule has 1 unspecified atom stereocenters. The highest BCUT2D eigenvalue weighted by molar-refractivity contribution is 9.10. The Morgan fingerprint density at radius 3 is 2.80 bits per heavy atom. The van der Waals surface area contributed by atoms with E-state index in [0.29, 0.717) is 5.02 Å². The van der Waals surface area contributed by atoms with Gasteiger partial charge < -0.3 is 10.6 Å². The summed E-state index contributed by atoms with van der Waals surface area (Å²) < 4.78 is 14.7. The number of nitrogens with one attached hydrogen (secondary N) is 2. The van der Waals surface area contributed by atoms with E-state index >= 15 is 0 Å². The molecule has 0 aromatic heterocycles. The van der Waals surface area contributed by atoms with Crippen molar-refractivity contribution in [3.63, 3.8) is 0 Å². The van der Waals surface area contributed by atoms with Gasteiger partial charge in [0.05, 0.1) is 5.69 Å². The van der Waals surface area contributed by atoms with E-state index < -0.39 is 11.9 Å². The molecule has 1 amide bonds. The standard InChI is InChI=1S/C14H9BrClFN2O/c15-7-1-3-11-9(5-7)13(14(20)19-11)18-12-4-2-8(16)6-10(12)17/h1-6,13,18H,(H,19,20). The second-order valence-electron chi connectivity index (χ2n) is 4.42. The van der Waals surface area contributed by atoms with Crippen LogP contribution in [0.1, 0.15) is 11.6 Å². The van der Waals surface area contributed by atoms with Gasteiger partial charge >= 0.3 is 0 Å². The Morgan fingerprint density at radius 2 is 2.05 bits per heavy atom. The molecule has 0 spiro atoms. The Hall–Kier alpha value is -1.59. The van der Waals surface area contributed by atoms with E-state index in [1.54, 1.807) is 12.1 Å². The van der Waals surface area contributed by atoms with Crippen molar-refractivity contribution in [3.8, 4) is 0 Å². The summed E-state index contributed by atoms with van der Waals surface area (Å²) in [7, 11) is 0. The second-order valence-corrected chi connectivity index (χ2v) is 5.77. The van der Waals surface area contributed by atoms with Gasteiger partial charge in [-0.05, 0) is 36.4 Å². The number of halogens is 3. The predicted octanol–water partition coefficient (Wildman–Crippen LogP) is 4.35. The summed E-state index contributed by atoms with van der Waals surface area (Å²) in [5, 5.41) is 5.97. The summed E-state index contributed by atoms with van der Waals surface area (Å²) in [5.74, 6) is -0.707. The molecule has 1 aliphatic heterocycles. The number of anilines is 2. The molecular formula is C14H9BrClFN2O. The van der Waals surface area contributed by atoms with Crippen LogP contribution in [-0.4, -0.2) is 5.91 Å². The van der Waals surface area contributed by atoms with Crippen molar-refractivity contribution in [2.24, 2.45) is 0 Å². The molecule has 1 atom stereocenters. The first-order chi connectivity index (χ1) is 9.54. The van der Waals surface area contributed by atoms with E-state index in [9.17, 15) is 9.18 Å². The Balaban J connectivity index is 1.95. The highest BCUT2D eigenvalue weighted by atomic mass is 79.9. The van der Waals surface area contributed by atoms with Crippen LogP contribution in [0, 0.1) is 5.82 Å². The lowest BCUT2D eigenvalue weighted by atomic mass is 10.1. The van der Waals surface area contributed by atoms with Crippen LogP contribution < -0.4 is 10.6 Å². The summed E-state index contributed by atoms with van der Waals surface area (Å²) in [6, 6.07) is 9.14. The minimum atomic E-state index is -0.627. The minimum absolute atomic E-state index is 0.215. The van der Waals surface area contributed by atoms with E-state index in [0.717, 1.165) is 15.7 Å². The minimum Gasteiger partial charge on any atom is -0.368 e. The molecule has 102 valence electrons. The Kier molecular flexibility index (Phi) is 3.40. The lowest BCUT2D eigenvalue weighted by molar-refractivity contribution is -0.116. The van der Waals surface area contributed by atoms with Gasteiger partial charge in [0.1, 0.15) is 11.9 Å². The number of carbonyl (C=O) groups excluding carboxylic acids is 1. The van der Waals surface area contributed by atoms with Crippen LogP contribution in [0.15, 0.2) is 40.9 Å². The molecule has 0 saturated heterocycles. The fourth-order valence-corrected chi connectivity index (χ4v) is 2.68. The van der Waals surface area contributed by atoms with Gasteiger partial charge in [0.2, 0.25) is 0 Å². The molecular weight excluding hydrogens is 347 g/mol. The highest BCUT2D eigenvalue weighted by Gasteiger charge is 2.31. The molecule has 0 fully saturated rings. The Labute approximate surface area is 128 Å². The van der Waals surface area contributed by atoms with Gasteiger partial charge in [0.15, 0.2) is 0 Å². The summed E-state index contributed by atoms with van der Waals surface area (Å²) in [4.78, 5) is 12.0. The molecule has 0 radical (unpaired) electrons. The lowest BCUT2D eigenvalue weighted by Crippen LogP contribution is -2.20. The molecule has 1 heterocycles. The molecule has 3 nitrogen and oxygen atoms in total. The first-order valence-corrected chi connectivity index (χ1v) is 7.03. The van der Waals surface area contributed by atoms with Crippen LogP contribution in [0.2, 0.25) is 5.02 Å². The van der Waals surface area contributed by atoms with Crippen molar-refractivity contribution in [2.75, 3.05) is 10.6 Å². The van der Waals surface area contributed by atoms with Crippen molar-refractivity contribution in [1.29, 1.82) is 0 Å². The van der Waals surface area contributed by atoms with Crippen LogP contribution in [-0.2, 0) is 4.79 Å². The van der Waals surface area contributed by atoms with Crippen molar-refractivity contribution >= 4 is 44.8 Å². The van der Waals surface area contributed by atoms with Crippen LogP contribution in [0.5, 0.6) is 0 Å². The summed E-state index contributed by atoms with van der Waals surface area (Å²) in [6.45, 7) is 0. The summed E-state index contributed by atoms with van der Waals surface area (Å²) in [5.41, 5.74) is 1.74. The third-order valence-electron chi connectivity index (χ3n) is 3.08. The zero-order chi connectivity index (χ0) is 14.3. The van der Waals surface area contributed by atoms with Gasteiger partial charge in [-0.3, -0.25) is 4.79 Å². The van der Waals surface area contributed by atoms with E-state index in [4.69, 9.17) is 11.6 Å². The molecule has 3 rings (SSSR count). The normalized spacial score (nSPS) is 16.8. The first-order valence-electron chi connectivity index (χ1n) is 5.86. The zero-order valence-corrected chi connectivity index (χ0v) is 12.4. The van der Waals surface area contributed by atoms with Crippen molar-refractivity contribution in [3.05, 3.63) is 57.3 Å². The average molecular weight is 356 g/mol. The van der Waals surface area contributed by atoms with E-state index in [-0.39, 0.29) is 11.6 Å². The Bertz CT molecular complexity index is 708. The maximum atomic E-state index is 13.8. The number of benzene rings is 2. The fourth-order valence-electron chi connectivity index (χ4n) is 2.14. The maximum Gasteiger partial charge on any atom is 0.251 e. The third-order valence-corrected chi connectivity index (χ3v) is 3.80. The molecule has 20 heavy (non-hydrogen) atoms. The summed E-state index contributed by atoms with van der Waals surface area (Å²) in [6.07, 6.45) is 0. The van der Waals surface area contributed by atoms with E-state index in [1.165, 1.54) is 12.1 Å². The van der Waals surface area contributed by atoms with Crippen LogP contribution in [0.25, 0.3) is 0 Å². The smallest absolute Gasteiger partial charge is 0.251 e. The maximum absolute atomic E-state index is 13.8. The van der Waals surface area contributed by atoms with Crippen molar-refractivity contribution in [1.82, 2.24) is 0 Å². The molecule has 0 saturated carbocycles. The number of rotatable bonds is 2. The lowest BCUT2D eigenvalue weighted by Gasteiger charge is -2.14. The predicted molar refractivity (Wildman–Crippen MR) is 80.5 cm³/mol. The Morgan fingerprint density at radius 1 is 1.25 bits per heavy atom. The van der Waals surface area contributed by atoms with Gasteiger partial charge in [-0.2, -0.15) is 0 Å². The SMILES string of the molecule is O=C1Nc2ccc(Br)cc2C1Nc1ccc(Cl)cc1F. The zero-order valence-electron chi connectivity index (χ0n) is 10.1. The van der Waals surface area contributed by atoms with Crippen molar-refractivity contribution in [2.45, 2.75) is 6.04 Å². The average Bonchev–Trinajstić information content (AvgIpc) is 2.69. The van der Waals surface area contributed by atoms with Crippen LogP contribution in [0.4, 0.5) is 15.8 Å². The van der Waals surface area contributed by atoms with E-state index in [2.05, 4.69) is 26.6 Å². The van der Waals surface area contributed by atoms with E-state index in [1.807, 2.05) is 12.1 Å². The molecule has 2 N–H and O–H groups in total. The quantitative estimate of drug-likeness (QED) is 0.841. The summed E-state index contributed by atoms with van der Waals surface area (Å²) >= 11 is 9.07. The molecule has 1 aliphatic rings. The number of amides is 1. The molecule has 2 aromatic carbocycles. The molecule has 6 heteroatoms. The van der Waals surface area contributed by atoms with Gasteiger partial charge in [-0.1, -0.05) is 27.5 Å². The van der Waals surface area contributed by atoms with Crippen LogP contribution in [0.3, 0.4) is 0 Å². The van der Waals surface area contributed by atoms with Gasteiger partial charge in [0.25, 0.3) is 5.91 Å². The molecule has 2 aromatic rings. The first kappa shape index (κ1) is 13.4. The fraction of sp³-hybridized carbons (Fsp3) is 0.0714. The number of hydrogen-bond acceptors (Lipinski definition) is 2. The molecule has 0 aliphatic carbocycles. The number of carbonyl (C=O) groups is 1.